The van der Waals surface area contributed by atoms with Crippen LogP contribution in [-0.2, 0) is 6.61 Å². The van der Waals surface area contributed by atoms with Crippen molar-refractivity contribution in [3.05, 3.63) is 89.2 Å². The number of nitrogens with zero attached hydrogens (tertiary/aromatic N) is 1. The molecule has 156 valence electrons. The Hall–Kier alpha value is -3.48. The molecule has 1 amide bonds. The van der Waals surface area contributed by atoms with Gasteiger partial charge in [-0.1, -0.05) is 6.07 Å². The number of carbonyl (C=O) groups excluding carboxylic acids is 1. The second-order valence-corrected chi connectivity index (χ2v) is 6.61. The molecule has 0 aliphatic heterocycles. The van der Waals surface area contributed by atoms with E-state index in [0.29, 0.717) is 35.8 Å². The molecule has 1 aromatic heterocycles. The van der Waals surface area contributed by atoms with Gasteiger partial charge in [-0.2, -0.15) is 0 Å². The minimum absolute atomic E-state index is 0.335. The Labute approximate surface area is 173 Å². The Morgan fingerprint density at radius 2 is 1.77 bits per heavy atom. The fraction of sp³-hybridized carbons (Fsp3) is 0.217. The van der Waals surface area contributed by atoms with E-state index in [1.165, 1.54) is 6.07 Å². The van der Waals surface area contributed by atoms with E-state index in [9.17, 15) is 13.6 Å². The summed E-state index contributed by atoms with van der Waals surface area (Å²) in [5, 5.41) is 2.77. The predicted molar refractivity (Wildman–Crippen MR) is 108 cm³/mol. The molecule has 0 bridgehead atoms. The van der Waals surface area contributed by atoms with Gasteiger partial charge in [0.2, 0.25) is 0 Å². The second kappa shape index (κ2) is 9.82. The first-order valence-electron chi connectivity index (χ1n) is 9.52. The molecule has 0 aliphatic carbocycles. The van der Waals surface area contributed by atoms with Crippen molar-refractivity contribution in [2.45, 2.75) is 26.5 Å². The maximum Gasteiger partial charge on any atom is 0.251 e. The van der Waals surface area contributed by atoms with Gasteiger partial charge in [-0.25, -0.2) is 8.78 Å². The molecule has 0 saturated heterocycles. The Morgan fingerprint density at radius 1 is 1.00 bits per heavy atom. The zero-order valence-electron chi connectivity index (χ0n) is 16.7. The minimum atomic E-state index is -0.956. The van der Waals surface area contributed by atoms with Crippen LogP contribution in [0.5, 0.6) is 11.5 Å². The van der Waals surface area contributed by atoms with Gasteiger partial charge in [0.15, 0.2) is 23.1 Å². The number of halogens is 2. The van der Waals surface area contributed by atoms with E-state index in [-0.39, 0.29) is 5.91 Å². The molecule has 2 aromatic carbocycles. The van der Waals surface area contributed by atoms with E-state index in [4.69, 9.17) is 9.47 Å². The average Bonchev–Trinajstić information content (AvgIpc) is 2.75. The number of benzene rings is 2. The Kier molecular flexibility index (Phi) is 6.95. The Bertz CT molecular complexity index is 1010. The molecule has 3 rings (SSSR count). The van der Waals surface area contributed by atoms with Crippen molar-refractivity contribution < 1.29 is 23.0 Å². The summed E-state index contributed by atoms with van der Waals surface area (Å²) in [4.78, 5) is 16.6. The summed E-state index contributed by atoms with van der Waals surface area (Å²) in [7, 11) is 0. The highest BCUT2D eigenvalue weighted by Crippen LogP contribution is 2.29. The molecule has 5 nitrogen and oxygen atoms in total. The van der Waals surface area contributed by atoms with E-state index in [1.807, 2.05) is 19.1 Å². The van der Waals surface area contributed by atoms with E-state index >= 15 is 0 Å². The van der Waals surface area contributed by atoms with Gasteiger partial charge >= 0.3 is 0 Å². The lowest BCUT2D eigenvalue weighted by molar-refractivity contribution is 0.0939. The van der Waals surface area contributed by atoms with Gasteiger partial charge in [-0.05, 0) is 67.4 Å². The van der Waals surface area contributed by atoms with Gasteiger partial charge in [0.05, 0.1) is 12.6 Å². The van der Waals surface area contributed by atoms with Crippen LogP contribution in [0, 0.1) is 11.6 Å². The number of ether oxygens (including phenoxy) is 2. The molecular weight excluding hydrogens is 390 g/mol. The predicted octanol–water partition coefficient (Wildman–Crippen LogP) is 4.83. The molecule has 1 atom stereocenters. The summed E-state index contributed by atoms with van der Waals surface area (Å²) in [5.41, 5.74) is 1.78. The van der Waals surface area contributed by atoms with E-state index in [1.54, 1.807) is 37.5 Å². The monoisotopic (exact) mass is 412 g/mol. The minimum Gasteiger partial charge on any atom is -0.490 e. The molecule has 0 spiro atoms. The van der Waals surface area contributed by atoms with Crippen LogP contribution in [0.3, 0.4) is 0 Å². The molecule has 3 aromatic rings. The van der Waals surface area contributed by atoms with Crippen molar-refractivity contribution in [3.63, 3.8) is 0 Å². The Balaban J connectivity index is 1.72. The summed E-state index contributed by atoms with van der Waals surface area (Å²) < 4.78 is 38.0. The fourth-order valence-electron chi connectivity index (χ4n) is 2.82. The zero-order valence-corrected chi connectivity index (χ0v) is 16.7. The standard InChI is InChI=1S/C23H22F2N2O3/c1-3-29-22-13-18(5-7-21(22)30-14-16-8-10-26-11-9-16)23(28)27-15(2)17-4-6-19(24)20(25)12-17/h4-13,15H,3,14H2,1-2H3,(H,27,28). The molecule has 0 aliphatic rings. The lowest BCUT2D eigenvalue weighted by atomic mass is 10.1. The van der Waals surface area contributed by atoms with Crippen LogP contribution in [0.4, 0.5) is 8.78 Å². The van der Waals surface area contributed by atoms with E-state index in [0.717, 1.165) is 17.7 Å². The van der Waals surface area contributed by atoms with Gasteiger partial charge in [0.25, 0.3) is 5.91 Å². The summed E-state index contributed by atoms with van der Waals surface area (Å²) in [6, 6.07) is 11.6. The van der Waals surface area contributed by atoms with Crippen LogP contribution in [0.1, 0.15) is 41.4 Å². The first-order valence-corrected chi connectivity index (χ1v) is 9.52. The van der Waals surface area contributed by atoms with Gasteiger partial charge in [0, 0.05) is 18.0 Å². The normalized spacial score (nSPS) is 11.6. The van der Waals surface area contributed by atoms with Crippen LogP contribution in [0.15, 0.2) is 60.9 Å². The third kappa shape index (κ3) is 5.31. The summed E-state index contributed by atoms with van der Waals surface area (Å²) in [5.74, 6) is -1.30. The SMILES string of the molecule is CCOc1cc(C(=O)NC(C)c2ccc(F)c(F)c2)ccc1OCc1ccncc1. The van der Waals surface area contributed by atoms with Crippen molar-refractivity contribution in [3.8, 4) is 11.5 Å². The lowest BCUT2D eigenvalue weighted by Crippen LogP contribution is -2.26. The van der Waals surface area contributed by atoms with E-state index < -0.39 is 17.7 Å². The zero-order chi connectivity index (χ0) is 21.5. The molecule has 0 fully saturated rings. The van der Waals surface area contributed by atoms with Crippen LogP contribution in [-0.4, -0.2) is 17.5 Å². The molecule has 30 heavy (non-hydrogen) atoms. The highest BCUT2D eigenvalue weighted by molar-refractivity contribution is 5.95. The van der Waals surface area contributed by atoms with Crippen LogP contribution in [0.2, 0.25) is 0 Å². The number of aromatic nitrogens is 1. The molecule has 1 unspecified atom stereocenters. The van der Waals surface area contributed by atoms with Crippen LogP contribution >= 0.6 is 0 Å². The van der Waals surface area contributed by atoms with Gasteiger partial charge < -0.3 is 14.8 Å². The van der Waals surface area contributed by atoms with Crippen LogP contribution in [0.25, 0.3) is 0 Å². The third-order valence-corrected chi connectivity index (χ3v) is 4.44. The molecule has 1 heterocycles. The number of nitrogens with one attached hydrogen (secondary N) is 1. The molecule has 7 heteroatoms. The summed E-state index contributed by atoms with van der Waals surface area (Å²) in [6.45, 7) is 4.27. The van der Waals surface area contributed by atoms with Crippen LogP contribution < -0.4 is 14.8 Å². The molecule has 0 radical (unpaired) electrons. The van der Waals surface area contributed by atoms with Gasteiger partial charge in [0.1, 0.15) is 6.61 Å². The van der Waals surface area contributed by atoms with Crippen molar-refractivity contribution in [1.82, 2.24) is 10.3 Å². The first-order chi connectivity index (χ1) is 14.5. The van der Waals surface area contributed by atoms with Crippen molar-refractivity contribution in [2.75, 3.05) is 6.61 Å². The quantitative estimate of drug-likeness (QED) is 0.576. The largest absolute Gasteiger partial charge is 0.490 e. The number of amides is 1. The summed E-state index contributed by atoms with van der Waals surface area (Å²) in [6.07, 6.45) is 3.37. The number of rotatable bonds is 8. The lowest BCUT2D eigenvalue weighted by Gasteiger charge is -2.16. The number of carbonyl (C=O) groups is 1. The third-order valence-electron chi connectivity index (χ3n) is 4.44. The maximum absolute atomic E-state index is 13.5. The maximum atomic E-state index is 13.5. The average molecular weight is 412 g/mol. The summed E-state index contributed by atoms with van der Waals surface area (Å²) >= 11 is 0. The van der Waals surface area contributed by atoms with Gasteiger partial charge in [-0.15, -0.1) is 0 Å². The van der Waals surface area contributed by atoms with E-state index in [2.05, 4.69) is 10.3 Å². The topological polar surface area (TPSA) is 60.5 Å². The van der Waals surface area contributed by atoms with Crippen molar-refractivity contribution >= 4 is 5.91 Å². The number of hydrogen-bond donors (Lipinski definition) is 1. The first kappa shape index (κ1) is 21.2. The number of hydrogen-bond acceptors (Lipinski definition) is 4. The molecule has 1 N–H and O–H groups in total. The molecule has 0 saturated carbocycles. The highest BCUT2D eigenvalue weighted by atomic mass is 19.2. The van der Waals surface area contributed by atoms with Gasteiger partial charge in [-0.3, -0.25) is 9.78 Å². The highest BCUT2D eigenvalue weighted by Gasteiger charge is 2.16. The second-order valence-electron chi connectivity index (χ2n) is 6.61. The number of pyridine rings is 1. The van der Waals surface area contributed by atoms with Crippen molar-refractivity contribution in [1.29, 1.82) is 0 Å². The van der Waals surface area contributed by atoms with Crippen molar-refractivity contribution in [2.24, 2.45) is 0 Å². The Morgan fingerprint density at radius 3 is 2.47 bits per heavy atom. The molecular formula is C23H22F2N2O3. The fourth-order valence-corrected chi connectivity index (χ4v) is 2.82. The smallest absolute Gasteiger partial charge is 0.251 e.